The molecule has 2 aromatic rings. The molecule has 162 valence electrons. The molecule has 1 aromatic heterocycles. The van der Waals surface area contributed by atoms with Gasteiger partial charge in [-0.15, -0.1) is 10.2 Å². The van der Waals surface area contributed by atoms with Crippen molar-refractivity contribution < 1.29 is 14.3 Å². The molecule has 1 fully saturated rings. The predicted octanol–water partition coefficient (Wildman–Crippen LogP) is 4.07. The highest BCUT2D eigenvalue weighted by atomic mass is 32.1. The van der Waals surface area contributed by atoms with Crippen molar-refractivity contribution in [1.82, 2.24) is 15.1 Å². The minimum absolute atomic E-state index is 0.0159. The van der Waals surface area contributed by atoms with E-state index in [1.165, 1.54) is 11.3 Å². The largest absolute Gasteiger partial charge is 0.497 e. The van der Waals surface area contributed by atoms with E-state index in [-0.39, 0.29) is 24.3 Å². The molecule has 2 amide bonds. The van der Waals surface area contributed by atoms with Crippen molar-refractivity contribution in [1.29, 1.82) is 0 Å². The Kier molecular flexibility index (Phi) is 7.42. The van der Waals surface area contributed by atoms with Gasteiger partial charge < -0.3 is 15.0 Å². The SMILES string of the molecule is CCCCN1C(=O)CC(C(=O)Nc2nnc(CC(C)C)s2)C1c1ccc(OC)cc1. The summed E-state index contributed by atoms with van der Waals surface area (Å²) in [5.41, 5.74) is 0.940. The van der Waals surface area contributed by atoms with E-state index in [9.17, 15) is 9.59 Å². The minimum Gasteiger partial charge on any atom is -0.497 e. The third-order valence-corrected chi connectivity index (χ3v) is 6.12. The number of aromatic nitrogens is 2. The standard InChI is InChI=1S/C22H30N4O3S/c1-5-6-11-26-19(27)13-17(20(26)15-7-9-16(29-4)10-8-15)21(28)23-22-25-24-18(30-22)12-14(2)3/h7-10,14,17,20H,5-6,11-13H2,1-4H3,(H,23,25,28). The maximum atomic E-state index is 13.1. The first-order valence-corrected chi connectivity index (χ1v) is 11.3. The summed E-state index contributed by atoms with van der Waals surface area (Å²) in [5, 5.41) is 12.6. The molecule has 1 aliphatic rings. The van der Waals surface area contributed by atoms with Crippen molar-refractivity contribution >= 4 is 28.3 Å². The van der Waals surface area contributed by atoms with Gasteiger partial charge in [0.2, 0.25) is 16.9 Å². The Balaban J connectivity index is 1.81. The number of benzene rings is 1. The van der Waals surface area contributed by atoms with Gasteiger partial charge in [-0.3, -0.25) is 9.59 Å². The lowest BCUT2D eigenvalue weighted by atomic mass is 9.92. The Morgan fingerprint density at radius 2 is 2.03 bits per heavy atom. The number of nitrogens with zero attached hydrogens (tertiary/aromatic N) is 3. The topological polar surface area (TPSA) is 84.4 Å². The molecular formula is C22H30N4O3S. The maximum absolute atomic E-state index is 13.1. The van der Waals surface area contributed by atoms with E-state index in [0.29, 0.717) is 17.6 Å². The van der Waals surface area contributed by atoms with Gasteiger partial charge in [-0.25, -0.2) is 0 Å². The lowest BCUT2D eigenvalue weighted by Gasteiger charge is -2.28. The van der Waals surface area contributed by atoms with Crippen molar-refractivity contribution in [2.45, 2.75) is 52.5 Å². The molecule has 2 unspecified atom stereocenters. The van der Waals surface area contributed by atoms with Crippen LogP contribution in [0.2, 0.25) is 0 Å². The van der Waals surface area contributed by atoms with E-state index in [1.807, 2.05) is 29.2 Å². The minimum atomic E-state index is -0.472. The number of anilines is 1. The molecule has 0 bridgehead atoms. The average molecular weight is 431 g/mol. The monoisotopic (exact) mass is 430 g/mol. The number of rotatable bonds is 9. The first kappa shape index (κ1) is 22.2. The predicted molar refractivity (Wildman–Crippen MR) is 118 cm³/mol. The van der Waals surface area contributed by atoms with Crippen LogP contribution in [0.3, 0.4) is 0 Å². The Morgan fingerprint density at radius 3 is 2.67 bits per heavy atom. The molecule has 0 spiro atoms. The molecule has 1 aliphatic heterocycles. The third kappa shape index (κ3) is 5.16. The van der Waals surface area contributed by atoms with Gasteiger partial charge in [-0.1, -0.05) is 50.7 Å². The van der Waals surface area contributed by atoms with Gasteiger partial charge in [0.1, 0.15) is 10.8 Å². The molecule has 0 saturated carbocycles. The van der Waals surface area contributed by atoms with Gasteiger partial charge in [0.05, 0.1) is 19.1 Å². The molecule has 1 aromatic carbocycles. The quantitative estimate of drug-likeness (QED) is 0.648. The van der Waals surface area contributed by atoms with Crippen LogP contribution in [-0.2, 0) is 16.0 Å². The summed E-state index contributed by atoms with van der Waals surface area (Å²) in [5.74, 6) is 0.578. The van der Waals surface area contributed by atoms with Crippen LogP contribution in [0.1, 0.15) is 56.6 Å². The molecular weight excluding hydrogens is 400 g/mol. The summed E-state index contributed by atoms with van der Waals surface area (Å²) in [6.45, 7) is 6.98. The zero-order chi connectivity index (χ0) is 21.7. The number of hydrogen-bond acceptors (Lipinski definition) is 6. The zero-order valence-corrected chi connectivity index (χ0v) is 18.9. The first-order valence-electron chi connectivity index (χ1n) is 10.5. The molecule has 0 aliphatic carbocycles. The van der Waals surface area contributed by atoms with Crippen molar-refractivity contribution in [3.8, 4) is 5.75 Å². The summed E-state index contributed by atoms with van der Waals surface area (Å²) < 4.78 is 5.25. The fraction of sp³-hybridized carbons (Fsp3) is 0.545. The summed E-state index contributed by atoms with van der Waals surface area (Å²) in [4.78, 5) is 27.8. The maximum Gasteiger partial charge on any atom is 0.232 e. The number of carbonyl (C=O) groups excluding carboxylic acids is 2. The smallest absolute Gasteiger partial charge is 0.232 e. The van der Waals surface area contributed by atoms with Crippen LogP contribution in [0.25, 0.3) is 0 Å². The Hall–Kier alpha value is -2.48. The summed E-state index contributed by atoms with van der Waals surface area (Å²) in [6, 6.07) is 7.32. The number of likely N-dealkylation sites (tertiary alicyclic amines) is 1. The van der Waals surface area contributed by atoms with Crippen molar-refractivity contribution in [2.75, 3.05) is 19.0 Å². The van der Waals surface area contributed by atoms with Gasteiger partial charge in [0, 0.05) is 19.4 Å². The Morgan fingerprint density at radius 1 is 1.30 bits per heavy atom. The second-order valence-corrected chi connectivity index (χ2v) is 9.12. The van der Waals surface area contributed by atoms with E-state index in [0.717, 1.165) is 35.6 Å². The van der Waals surface area contributed by atoms with Crippen LogP contribution in [0.15, 0.2) is 24.3 Å². The van der Waals surface area contributed by atoms with Gasteiger partial charge in [-0.2, -0.15) is 0 Å². The summed E-state index contributed by atoms with van der Waals surface area (Å²) >= 11 is 1.40. The highest BCUT2D eigenvalue weighted by molar-refractivity contribution is 7.15. The van der Waals surface area contributed by atoms with Crippen LogP contribution >= 0.6 is 11.3 Å². The number of unbranched alkanes of at least 4 members (excludes halogenated alkanes) is 1. The number of carbonyl (C=O) groups is 2. The number of hydrogen-bond donors (Lipinski definition) is 1. The van der Waals surface area contributed by atoms with Crippen molar-refractivity contribution in [3.05, 3.63) is 34.8 Å². The molecule has 2 heterocycles. The van der Waals surface area contributed by atoms with E-state index < -0.39 is 5.92 Å². The number of ether oxygens (including phenoxy) is 1. The van der Waals surface area contributed by atoms with Crippen molar-refractivity contribution in [2.24, 2.45) is 11.8 Å². The second kappa shape index (κ2) is 10.0. The van der Waals surface area contributed by atoms with E-state index >= 15 is 0 Å². The highest BCUT2D eigenvalue weighted by Gasteiger charge is 2.44. The van der Waals surface area contributed by atoms with Crippen LogP contribution < -0.4 is 10.1 Å². The molecule has 0 radical (unpaired) electrons. The average Bonchev–Trinajstić information content (AvgIpc) is 3.29. The van der Waals surface area contributed by atoms with E-state index in [4.69, 9.17) is 4.74 Å². The summed E-state index contributed by atoms with van der Waals surface area (Å²) in [6.07, 6.45) is 2.92. The molecule has 3 rings (SSSR count). The lowest BCUT2D eigenvalue weighted by molar-refractivity contribution is -0.129. The van der Waals surface area contributed by atoms with Crippen LogP contribution in [0.4, 0.5) is 5.13 Å². The van der Waals surface area contributed by atoms with Crippen LogP contribution in [0, 0.1) is 11.8 Å². The Labute approximate surface area is 181 Å². The van der Waals surface area contributed by atoms with Gasteiger partial charge in [-0.05, 0) is 30.0 Å². The Bertz CT molecular complexity index is 866. The van der Waals surface area contributed by atoms with Crippen molar-refractivity contribution in [3.63, 3.8) is 0 Å². The number of amides is 2. The fourth-order valence-corrected chi connectivity index (χ4v) is 4.72. The van der Waals surface area contributed by atoms with E-state index in [1.54, 1.807) is 7.11 Å². The molecule has 8 heteroatoms. The molecule has 7 nitrogen and oxygen atoms in total. The third-order valence-electron chi connectivity index (χ3n) is 5.26. The van der Waals surface area contributed by atoms with Gasteiger partial charge >= 0.3 is 0 Å². The number of nitrogens with one attached hydrogen (secondary N) is 1. The molecule has 30 heavy (non-hydrogen) atoms. The molecule has 2 atom stereocenters. The van der Waals surface area contributed by atoms with Crippen LogP contribution in [-0.4, -0.2) is 40.6 Å². The summed E-state index contributed by atoms with van der Waals surface area (Å²) in [7, 11) is 1.62. The lowest BCUT2D eigenvalue weighted by Crippen LogP contribution is -2.33. The highest BCUT2D eigenvalue weighted by Crippen LogP contribution is 2.39. The fourth-order valence-electron chi connectivity index (χ4n) is 3.76. The number of methoxy groups -OCH3 is 1. The van der Waals surface area contributed by atoms with Gasteiger partial charge in [0.15, 0.2) is 0 Å². The zero-order valence-electron chi connectivity index (χ0n) is 18.1. The van der Waals surface area contributed by atoms with Gasteiger partial charge in [0.25, 0.3) is 0 Å². The van der Waals surface area contributed by atoms with Crippen LogP contribution in [0.5, 0.6) is 5.75 Å². The molecule has 1 saturated heterocycles. The second-order valence-electron chi connectivity index (χ2n) is 8.06. The first-order chi connectivity index (χ1) is 14.4. The molecule has 1 N–H and O–H groups in total. The normalized spacial score (nSPS) is 18.8. The van der Waals surface area contributed by atoms with E-state index in [2.05, 4.69) is 36.3 Å².